The Hall–Kier alpha value is -1.65. The van der Waals surface area contributed by atoms with E-state index in [0.29, 0.717) is 18.2 Å². The molecule has 0 atom stereocenters. The third-order valence-electron chi connectivity index (χ3n) is 2.72. The summed E-state index contributed by atoms with van der Waals surface area (Å²) in [5.41, 5.74) is 0. The molecule has 0 aliphatic rings. The van der Waals surface area contributed by atoms with Gasteiger partial charge >= 0.3 is 0 Å². The Morgan fingerprint density at radius 1 is 1.26 bits per heavy atom. The zero-order valence-corrected chi connectivity index (χ0v) is 12.1. The van der Waals surface area contributed by atoms with E-state index in [4.69, 9.17) is 0 Å². The van der Waals surface area contributed by atoms with Gasteiger partial charge in [0, 0.05) is 13.0 Å². The Morgan fingerprint density at radius 3 is 2.53 bits per heavy atom. The molecule has 0 aliphatic carbocycles. The van der Waals surface area contributed by atoms with Gasteiger partial charge in [-0.3, -0.25) is 4.79 Å². The van der Waals surface area contributed by atoms with Crippen LogP contribution < -0.4 is 10.6 Å². The molecule has 0 unspecified atom stereocenters. The number of carbonyl (C=O) groups excluding carboxylic acids is 1. The van der Waals surface area contributed by atoms with E-state index in [9.17, 15) is 4.79 Å². The highest BCUT2D eigenvalue weighted by Crippen LogP contribution is 2.08. The van der Waals surface area contributed by atoms with E-state index in [1.807, 2.05) is 6.07 Å². The highest BCUT2D eigenvalue weighted by atomic mass is 16.1. The molecule has 0 fully saturated rings. The predicted molar refractivity (Wildman–Crippen MR) is 78.1 cm³/mol. The molecule has 0 bridgehead atoms. The summed E-state index contributed by atoms with van der Waals surface area (Å²) >= 11 is 0. The first-order valence-corrected chi connectivity index (χ1v) is 6.99. The van der Waals surface area contributed by atoms with Crippen LogP contribution in [0.4, 0.5) is 11.6 Å². The molecule has 0 spiro atoms. The number of aromatic nitrogens is 2. The first-order valence-electron chi connectivity index (χ1n) is 6.99. The molecule has 0 aromatic carbocycles. The molecule has 5 heteroatoms. The highest BCUT2D eigenvalue weighted by molar-refractivity contribution is 5.89. The van der Waals surface area contributed by atoms with Crippen molar-refractivity contribution in [3.05, 3.63) is 12.1 Å². The maximum atomic E-state index is 11.5. The van der Waals surface area contributed by atoms with Gasteiger partial charge in [-0.25, -0.2) is 0 Å². The summed E-state index contributed by atoms with van der Waals surface area (Å²) in [5.74, 6) is 1.91. The summed E-state index contributed by atoms with van der Waals surface area (Å²) in [6.07, 6.45) is 3.54. The number of anilines is 2. The van der Waals surface area contributed by atoms with Crippen LogP contribution in [0.5, 0.6) is 0 Å². The minimum atomic E-state index is -0.00309. The summed E-state index contributed by atoms with van der Waals surface area (Å²) in [5, 5.41) is 14.0. The predicted octanol–water partition coefficient (Wildman–Crippen LogP) is 3.06. The van der Waals surface area contributed by atoms with Crippen LogP contribution >= 0.6 is 0 Å². The third kappa shape index (κ3) is 6.74. The fourth-order valence-electron chi connectivity index (χ4n) is 1.52. The van der Waals surface area contributed by atoms with Crippen molar-refractivity contribution in [2.75, 3.05) is 17.2 Å². The lowest BCUT2D eigenvalue weighted by molar-refractivity contribution is -0.116. The smallest absolute Gasteiger partial charge is 0.225 e. The quantitative estimate of drug-likeness (QED) is 0.757. The van der Waals surface area contributed by atoms with Crippen molar-refractivity contribution in [1.29, 1.82) is 0 Å². The van der Waals surface area contributed by atoms with Gasteiger partial charge in [-0.1, -0.05) is 27.2 Å². The summed E-state index contributed by atoms with van der Waals surface area (Å²) < 4.78 is 0. The van der Waals surface area contributed by atoms with Crippen molar-refractivity contribution in [3.63, 3.8) is 0 Å². The van der Waals surface area contributed by atoms with E-state index in [-0.39, 0.29) is 5.91 Å². The van der Waals surface area contributed by atoms with Crippen LogP contribution in [0.3, 0.4) is 0 Å². The van der Waals surface area contributed by atoms with Gasteiger partial charge in [0.05, 0.1) is 0 Å². The van der Waals surface area contributed by atoms with Crippen molar-refractivity contribution < 1.29 is 4.79 Å². The Kier molecular flexibility index (Phi) is 6.85. The second-order valence-corrected chi connectivity index (χ2v) is 5.06. The van der Waals surface area contributed by atoms with Crippen molar-refractivity contribution in [2.45, 2.75) is 46.5 Å². The lowest BCUT2D eigenvalue weighted by Crippen LogP contribution is -2.13. The molecule has 19 heavy (non-hydrogen) atoms. The molecule has 0 saturated carbocycles. The van der Waals surface area contributed by atoms with Gasteiger partial charge in [0.15, 0.2) is 5.82 Å². The summed E-state index contributed by atoms with van der Waals surface area (Å²) in [7, 11) is 0. The fraction of sp³-hybridized carbons (Fsp3) is 0.643. The van der Waals surface area contributed by atoms with Crippen LogP contribution in [-0.4, -0.2) is 22.6 Å². The number of hydrogen-bond donors (Lipinski definition) is 2. The second-order valence-electron chi connectivity index (χ2n) is 5.06. The monoisotopic (exact) mass is 264 g/mol. The Bertz CT molecular complexity index is 376. The number of hydrogen-bond acceptors (Lipinski definition) is 4. The maximum absolute atomic E-state index is 11.5. The SMILES string of the molecule is CCCCC(=O)Nc1ccc(NCCC(C)C)nn1. The van der Waals surface area contributed by atoms with Gasteiger partial charge in [0.25, 0.3) is 0 Å². The van der Waals surface area contributed by atoms with Gasteiger partial charge in [-0.2, -0.15) is 0 Å². The van der Waals surface area contributed by atoms with Crippen LogP contribution in [0.2, 0.25) is 0 Å². The maximum Gasteiger partial charge on any atom is 0.225 e. The van der Waals surface area contributed by atoms with Crippen LogP contribution in [0, 0.1) is 5.92 Å². The number of unbranched alkanes of at least 4 members (excludes halogenated alkanes) is 1. The molecule has 5 nitrogen and oxygen atoms in total. The van der Waals surface area contributed by atoms with Crippen molar-refractivity contribution in [3.8, 4) is 0 Å². The molecule has 2 N–H and O–H groups in total. The second kappa shape index (κ2) is 8.45. The molecule has 1 amide bonds. The standard InChI is InChI=1S/C14H24N4O/c1-4-5-6-14(19)16-13-8-7-12(17-18-13)15-10-9-11(2)3/h7-8,11H,4-6,9-10H2,1-3H3,(H,15,17)(H,16,18,19). The molecule has 0 aliphatic heterocycles. The lowest BCUT2D eigenvalue weighted by atomic mass is 10.1. The van der Waals surface area contributed by atoms with E-state index in [0.717, 1.165) is 31.6 Å². The van der Waals surface area contributed by atoms with E-state index in [2.05, 4.69) is 41.6 Å². The van der Waals surface area contributed by atoms with Crippen LogP contribution in [-0.2, 0) is 4.79 Å². The van der Waals surface area contributed by atoms with Gasteiger partial charge in [-0.15, -0.1) is 10.2 Å². The van der Waals surface area contributed by atoms with E-state index < -0.39 is 0 Å². The number of carbonyl (C=O) groups is 1. The normalized spacial score (nSPS) is 10.5. The first-order chi connectivity index (χ1) is 9.11. The first kappa shape index (κ1) is 15.4. The Labute approximate surface area is 115 Å². The van der Waals surface area contributed by atoms with Gasteiger partial charge in [-0.05, 0) is 30.9 Å². The number of nitrogens with one attached hydrogen (secondary N) is 2. The fourth-order valence-corrected chi connectivity index (χ4v) is 1.52. The van der Waals surface area contributed by atoms with Gasteiger partial charge < -0.3 is 10.6 Å². The number of amides is 1. The lowest BCUT2D eigenvalue weighted by Gasteiger charge is -2.08. The molecule has 0 radical (unpaired) electrons. The molecule has 1 heterocycles. The Balaban J connectivity index is 2.36. The average molecular weight is 264 g/mol. The summed E-state index contributed by atoms with van der Waals surface area (Å²) in [6, 6.07) is 3.61. The summed E-state index contributed by atoms with van der Waals surface area (Å²) in [4.78, 5) is 11.5. The van der Waals surface area contributed by atoms with Crippen LogP contribution in [0.25, 0.3) is 0 Å². The van der Waals surface area contributed by atoms with Crippen molar-refractivity contribution in [1.82, 2.24) is 10.2 Å². The largest absolute Gasteiger partial charge is 0.369 e. The van der Waals surface area contributed by atoms with Crippen LogP contribution in [0.1, 0.15) is 46.5 Å². The van der Waals surface area contributed by atoms with Crippen molar-refractivity contribution in [2.24, 2.45) is 5.92 Å². The molecule has 106 valence electrons. The average Bonchev–Trinajstić information content (AvgIpc) is 2.38. The molecule has 1 aromatic heterocycles. The third-order valence-corrected chi connectivity index (χ3v) is 2.72. The van der Waals surface area contributed by atoms with E-state index in [1.54, 1.807) is 6.07 Å². The number of rotatable bonds is 8. The molecular formula is C14H24N4O. The Morgan fingerprint density at radius 2 is 1.95 bits per heavy atom. The summed E-state index contributed by atoms with van der Waals surface area (Å²) in [6.45, 7) is 7.31. The van der Waals surface area contributed by atoms with Crippen LogP contribution in [0.15, 0.2) is 12.1 Å². The van der Waals surface area contributed by atoms with Gasteiger partial charge in [0.2, 0.25) is 5.91 Å². The zero-order chi connectivity index (χ0) is 14.1. The molecule has 0 saturated heterocycles. The van der Waals surface area contributed by atoms with E-state index in [1.165, 1.54) is 0 Å². The highest BCUT2D eigenvalue weighted by Gasteiger charge is 2.03. The minimum absolute atomic E-state index is 0.00309. The minimum Gasteiger partial charge on any atom is -0.369 e. The molecular weight excluding hydrogens is 240 g/mol. The molecule has 1 aromatic rings. The van der Waals surface area contributed by atoms with E-state index >= 15 is 0 Å². The zero-order valence-electron chi connectivity index (χ0n) is 12.1. The van der Waals surface area contributed by atoms with Crippen molar-refractivity contribution >= 4 is 17.5 Å². The van der Waals surface area contributed by atoms with Gasteiger partial charge in [0.1, 0.15) is 5.82 Å². The number of nitrogens with zero attached hydrogens (tertiary/aromatic N) is 2. The molecule has 1 rings (SSSR count). The topological polar surface area (TPSA) is 66.9 Å².